The molecule has 2 aromatic rings. The van der Waals surface area contributed by atoms with Gasteiger partial charge in [-0.2, -0.15) is 0 Å². The summed E-state index contributed by atoms with van der Waals surface area (Å²) in [5.74, 6) is 0. The molecule has 23 heavy (non-hydrogen) atoms. The van der Waals surface area contributed by atoms with Crippen LogP contribution >= 0.6 is 0 Å². The maximum Gasteiger partial charge on any atom is 0.0887 e. The summed E-state index contributed by atoms with van der Waals surface area (Å²) in [5, 5.41) is 0. The minimum absolute atomic E-state index is 0.346. The van der Waals surface area contributed by atoms with E-state index < -0.39 is 0 Å². The molecule has 2 rings (SSSR count). The van der Waals surface area contributed by atoms with Crippen molar-refractivity contribution in [3.05, 3.63) is 69.8 Å². The molecule has 0 heterocycles. The van der Waals surface area contributed by atoms with Crippen molar-refractivity contribution in [2.75, 3.05) is 0 Å². The Morgan fingerprint density at radius 1 is 0.565 bits per heavy atom. The first-order valence-electron chi connectivity index (χ1n) is 8.38. The van der Waals surface area contributed by atoms with E-state index >= 15 is 0 Å². The second kappa shape index (κ2) is 6.13. The third-order valence-corrected chi connectivity index (χ3v) is 4.91. The number of ether oxygens (including phenoxy) is 1. The van der Waals surface area contributed by atoms with Crippen molar-refractivity contribution in [2.24, 2.45) is 0 Å². The van der Waals surface area contributed by atoms with Crippen LogP contribution in [-0.2, 0) is 15.9 Å². The average Bonchev–Trinajstić information content (AvgIpc) is 2.43. The van der Waals surface area contributed by atoms with Crippen molar-refractivity contribution in [3.63, 3.8) is 0 Å². The van der Waals surface area contributed by atoms with E-state index in [1.807, 2.05) is 0 Å². The molecule has 0 unspecified atom stereocenters. The van der Waals surface area contributed by atoms with Gasteiger partial charge in [-0.15, -0.1) is 0 Å². The number of aryl methyl sites for hydroxylation is 4. The van der Waals surface area contributed by atoms with Gasteiger partial charge in [-0.25, -0.2) is 0 Å². The molecular formula is C22H30O. The van der Waals surface area contributed by atoms with Gasteiger partial charge in [0, 0.05) is 0 Å². The first-order chi connectivity index (χ1) is 10.5. The molecule has 0 saturated heterocycles. The fourth-order valence-corrected chi connectivity index (χ4v) is 2.99. The van der Waals surface area contributed by atoms with Crippen LogP contribution in [0, 0.1) is 27.7 Å². The van der Waals surface area contributed by atoms with Crippen molar-refractivity contribution >= 4 is 0 Å². The Balaban J connectivity index is 2.33. The Morgan fingerprint density at radius 3 is 1.22 bits per heavy atom. The maximum atomic E-state index is 6.59. The predicted molar refractivity (Wildman–Crippen MR) is 99.0 cm³/mol. The summed E-state index contributed by atoms with van der Waals surface area (Å²) in [7, 11) is 0. The molecule has 0 spiro atoms. The molecule has 0 amide bonds. The van der Waals surface area contributed by atoms with Gasteiger partial charge in [0.1, 0.15) is 0 Å². The fraction of sp³-hybridized carbons (Fsp3) is 0.455. The Hall–Kier alpha value is -1.60. The maximum absolute atomic E-state index is 6.59. The second-order valence-corrected chi connectivity index (χ2v) is 7.72. The van der Waals surface area contributed by atoms with Crippen LogP contribution in [0.15, 0.2) is 36.4 Å². The van der Waals surface area contributed by atoms with Gasteiger partial charge in [-0.1, -0.05) is 36.4 Å². The first-order valence-corrected chi connectivity index (χ1v) is 8.38. The summed E-state index contributed by atoms with van der Waals surface area (Å²) in [5.41, 5.74) is 7.00. The standard InChI is InChI=1S/C22H30O/c1-15-9-11-19(13-17(15)3)21(5,6)23-22(7,8)20-12-10-16(2)18(4)14-20/h9-14H,1-8H3. The van der Waals surface area contributed by atoms with Gasteiger partial charge in [0.2, 0.25) is 0 Å². The molecule has 0 radical (unpaired) electrons. The number of rotatable bonds is 4. The lowest BCUT2D eigenvalue weighted by Crippen LogP contribution is -2.33. The molecule has 0 aliphatic rings. The van der Waals surface area contributed by atoms with Crippen LogP contribution in [0.5, 0.6) is 0 Å². The van der Waals surface area contributed by atoms with Crippen molar-refractivity contribution in [1.82, 2.24) is 0 Å². The summed E-state index contributed by atoms with van der Waals surface area (Å²) >= 11 is 0. The first kappa shape index (κ1) is 17.7. The molecule has 0 aliphatic heterocycles. The molecule has 1 nitrogen and oxygen atoms in total. The second-order valence-electron chi connectivity index (χ2n) is 7.72. The van der Waals surface area contributed by atoms with Gasteiger partial charge in [-0.3, -0.25) is 0 Å². The SMILES string of the molecule is Cc1ccc(C(C)(C)OC(C)(C)c2ccc(C)c(C)c2)cc1C. The van der Waals surface area contributed by atoms with E-state index in [4.69, 9.17) is 4.74 Å². The zero-order chi connectivity index (χ0) is 17.4. The van der Waals surface area contributed by atoms with Crippen LogP contribution in [0.3, 0.4) is 0 Å². The van der Waals surface area contributed by atoms with E-state index in [2.05, 4.69) is 91.8 Å². The lowest BCUT2D eigenvalue weighted by atomic mass is 9.90. The summed E-state index contributed by atoms with van der Waals surface area (Å²) in [4.78, 5) is 0. The van der Waals surface area contributed by atoms with E-state index in [0.29, 0.717) is 0 Å². The zero-order valence-corrected chi connectivity index (χ0v) is 15.9. The van der Waals surface area contributed by atoms with E-state index in [9.17, 15) is 0 Å². The highest BCUT2D eigenvalue weighted by Gasteiger charge is 2.32. The smallest absolute Gasteiger partial charge is 0.0887 e. The largest absolute Gasteiger partial charge is 0.360 e. The van der Waals surface area contributed by atoms with E-state index in [0.717, 1.165) is 0 Å². The Bertz CT molecular complexity index is 646. The predicted octanol–water partition coefficient (Wildman–Crippen LogP) is 6.11. The Morgan fingerprint density at radius 2 is 0.913 bits per heavy atom. The molecule has 0 N–H and O–H groups in total. The fourth-order valence-electron chi connectivity index (χ4n) is 2.99. The molecule has 0 aromatic heterocycles. The molecule has 124 valence electrons. The molecule has 0 fully saturated rings. The Labute approximate surface area is 141 Å². The van der Waals surface area contributed by atoms with Crippen molar-refractivity contribution < 1.29 is 4.74 Å². The lowest BCUT2D eigenvalue weighted by molar-refractivity contribution is -0.132. The van der Waals surface area contributed by atoms with E-state index in [1.165, 1.54) is 33.4 Å². The van der Waals surface area contributed by atoms with Crippen LogP contribution in [0.4, 0.5) is 0 Å². The van der Waals surface area contributed by atoms with Crippen molar-refractivity contribution in [1.29, 1.82) is 0 Å². The van der Waals surface area contributed by atoms with Crippen molar-refractivity contribution in [2.45, 2.75) is 66.6 Å². The van der Waals surface area contributed by atoms with Crippen LogP contribution in [0.1, 0.15) is 61.1 Å². The van der Waals surface area contributed by atoms with Gasteiger partial charge in [-0.05, 0) is 88.8 Å². The monoisotopic (exact) mass is 310 g/mol. The summed E-state index contributed by atoms with van der Waals surface area (Å²) in [6, 6.07) is 13.2. The van der Waals surface area contributed by atoms with Crippen LogP contribution < -0.4 is 0 Å². The number of hydrogen-bond donors (Lipinski definition) is 0. The molecule has 1 heteroatoms. The van der Waals surface area contributed by atoms with Gasteiger partial charge in [0.25, 0.3) is 0 Å². The quantitative estimate of drug-likeness (QED) is 0.662. The average molecular weight is 310 g/mol. The number of benzene rings is 2. The lowest BCUT2D eigenvalue weighted by Gasteiger charge is -2.37. The third-order valence-electron chi connectivity index (χ3n) is 4.91. The molecule has 0 bridgehead atoms. The van der Waals surface area contributed by atoms with Crippen LogP contribution in [0.2, 0.25) is 0 Å². The summed E-state index contributed by atoms with van der Waals surface area (Å²) < 4.78 is 6.59. The van der Waals surface area contributed by atoms with Gasteiger partial charge in [0.15, 0.2) is 0 Å². The van der Waals surface area contributed by atoms with Gasteiger partial charge in [0.05, 0.1) is 11.2 Å². The Kier molecular flexibility index (Phi) is 4.73. The van der Waals surface area contributed by atoms with E-state index in [1.54, 1.807) is 0 Å². The highest BCUT2D eigenvalue weighted by molar-refractivity contribution is 5.35. The van der Waals surface area contributed by atoms with E-state index in [-0.39, 0.29) is 11.2 Å². The molecule has 0 atom stereocenters. The molecule has 0 saturated carbocycles. The molecule has 2 aromatic carbocycles. The number of hydrogen-bond acceptors (Lipinski definition) is 1. The third kappa shape index (κ3) is 3.84. The summed E-state index contributed by atoms with van der Waals surface area (Å²) in [6.07, 6.45) is 0. The van der Waals surface area contributed by atoms with Gasteiger partial charge < -0.3 is 4.74 Å². The minimum Gasteiger partial charge on any atom is -0.360 e. The minimum atomic E-state index is -0.346. The summed E-state index contributed by atoms with van der Waals surface area (Å²) in [6.45, 7) is 17.2. The van der Waals surface area contributed by atoms with Gasteiger partial charge >= 0.3 is 0 Å². The zero-order valence-electron chi connectivity index (χ0n) is 15.9. The highest BCUT2D eigenvalue weighted by Crippen LogP contribution is 2.36. The molecule has 0 aliphatic carbocycles. The molecular weight excluding hydrogens is 280 g/mol. The topological polar surface area (TPSA) is 9.23 Å². The van der Waals surface area contributed by atoms with Crippen molar-refractivity contribution in [3.8, 4) is 0 Å². The normalized spacial score (nSPS) is 12.5. The van der Waals surface area contributed by atoms with Crippen LogP contribution in [0.25, 0.3) is 0 Å². The highest BCUT2D eigenvalue weighted by atomic mass is 16.5. The van der Waals surface area contributed by atoms with Crippen LogP contribution in [-0.4, -0.2) is 0 Å².